The van der Waals surface area contributed by atoms with Gasteiger partial charge in [-0.15, -0.1) is 0 Å². The predicted molar refractivity (Wildman–Crippen MR) is 109 cm³/mol. The van der Waals surface area contributed by atoms with Crippen molar-refractivity contribution in [2.24, 2.45) is 4.99 Å². The second kappa shape index (κ2) is 8.04. The Morgan fingerprint density at radius 2 is 1.60 bits per heavy atom. The molecule has 0 amide bonds. The van der Waals surface area contributed by atoms with Crippen LogP contribution in [-0.4, -0.2) is 11.4 Å². The van der Waals surface area contributed by atoms with Gasteiger partial charge < -0.3 is 14.7 Å². The molecule has 1 aliphatic rings. The molecule has 0 spiro atoms. The summed E-state index contributed by atoms with van der Waals surface area (Å²) >= 11 is 0. The van der Waals surface area contributed by atoms with Gasteiger partial charge in [-0.3, -0.25) is 0 Å². The van der Waals surface area contributed by atoms with Gasteiger partial charge in [-0.25, -0.2) is 18.2 Å². The number of hydrogen-bond acceptors (Lipinski definition) is 4. The van der Waals surface area contributed by atoms with E-state index < -0.39 is 17.5 Å². The van der Waals surface area contributed by atoms with Gasteiger partial charge in [0.1, 0.15) is 29.0 Å². The molecule has 0 saturated heterocycles. The SMILES string of the molecule is C=C1N=CN(Cc2c(F)cc(F)cc2F)c2ccc(Oc3ccc(CO)cc3)cc21. The van der Waals surface area contributed by atoms with Gasteiger partial charge in [-0.1, -0.05) is 18.7 Å². The highest BCUT2D eigenvalue weighted by molar-refractivity contribution is 5.94. The first-order chi connectivity index (χ1) is 14.4. The number of benzene rings is 3. The van der Waals surface area contributed by atoms with Gasteiger partial charge in [0.05, 0.1) is 30.9 Å². The average Bonchev–Trinajstić information content (AvgIpc) is 2.73. The smallest absolute Gasteiger partial charge is 0.134 e. The van der Waals surface area contributed by atoms with Crippen molar-refractivity contribution in [2.45, 2.75) is 13.2 Å². The van der Waals surface area contributed by atoms with E-state index in [1.165, 1.54) is 6.34 Å². The molecule has 1 aliphatic heterocycles. The molecule has 4 rings (SSSR count). The van der Waals surface area contributed by atoms with Crippen LogP contribution in [0, 0.1) is 17.5 Å². The van der Waals surface area contributed by atoms with Crippen molar-refractivity contribution in [1.82, 2.24) is 0 Å². The molecule has 0 aromatic heterocycles. The minimum absolute atomic E-state index is 0.0535. The Morgan fingerprint density at radius 3 is 2.27 bits per heavy atom. The van der Waals surface area contributed by atoms with Crippen LogP contribution in [-0.2, 0) is 13.2 Å². The maximum atomic E-state index is 14.1. The first-order valence-electron chi connectivity index (χ1n) is 9.10. The summed E-state index contributed by atoms with van der Waals surface area (Å²) in [6.07, 6.45) is 1.43. The number of aliphatic hydroxyl groups is 1. The minimum Gasteiger partial charge on any atom is -0.457 e. The Kier molecular flexibility index (Phi) is 5.29. The van der Waals surface area contributed by atoms with Crippen molar-refractivity contribution >= 4 is 17.7 Å². The second-order valence-electron chi connectivity index (χ2n) is 6.75. The molecule has 4 nitrogen and oxygen atoms in total. The molecule has 0 fully saturated rings. The highest BCUT2D eigenvalue weighted by Gasteiger charge is 2.21. The Labute approximate surface area is 171 Å². The molecule has 0 atom stereocenters. The lowest BCUT2D eigenvalue weighted by molar-refractivity contribution is 0.281. The standard InChI is InChI=1S/C23H17F3N2O2/c1-14-19-10-18(30-17-4-2-15(12-29)3-5-17)6-7-23(19)28(13-27-14)11-20-21(25)8-16(24)9-22(20)26/h2-10,13,29H,1,11-12H2. The maximum absolute atomic E-state index is 14.1. The molecule has 3 aromatic carbocycles. The Bertz CT molecular complexity index is 1120. The molecular weight excluding hydrogens is 393 g/mol. The fraction of sp³-hybridized carbons (Fsp3) is 0.0870. The lowest BCUT2D eigenvalue weighted by atomic mass is 10.1. The number of rotatable bonds is 5. The van der Waals surface area contributed by atoms with Crippen LogP contribution in [0.25, 0.3) is 5.70 Å². The van der Waals surface area contributed by atoms with E-state index in [-0.39, 0.29) is 18.7 Å². The summed E-state index contributed by atoms with van der Waals surface area (Å²) in [5.74, 6) is -1.77. The molecule has 7 heteroatoms. The average molecular weight is 410 g/mol. The molecular formula is C23H17F3N2O2. The summed E-state index contributed by atoms with van der Waals surface area (Å²) < 4.78 is 47.2. The Hall–Kier alpha value is -3.58. The first-order valence-corrected chi connectivity index (χ1v) is 9.10. The summed E-state index contributed by atoms with van der Waals surface area (Å²) in [5.41, 5.74) is 2.27. The molecule has 3 aromatic rings. The number of ether oxygens (including phenoxy) is 1. The molecule has 0 unspecified atom stereocenters. The predicted octanol–water partition coefficient (Wildman–Crippen LogP) is 5.41. The molecule has 1 heterocycles. The van der Waals surface area contributed by atoms with Crippen LogP contribution in [0.1, 0.15) is 16.7 Å². The van der Waals surface area contributed by atoms with E-state index in [4.69, 9.17) is 9.84 Å². The van der Waals surface area contributed by atoms with Gasteiger partial charge in [0.2, 0.25) is 0 Å². The zero-order chi connectivity index (χ0) is 21.3. The van der Waals surface area contributed by atoms with Gasteiger partial charge in [0.25, 0.3) is 0 Å². The fourth-order valence-electron chi connectivity index (χ4n) is 3.15. The van der Waals surface area contributed by atoms with Gasteiger partial charge in [-0.2, -0.15) is 0 Å². The maximum Gasteiger partial charge on any atom is 0.134 e. The minimum atomic E-state index is -0.969. The topological polar surface area (TPSA) is 45.1 Å². The molecule has 1 N–H and O–H groups in total. The second-order valence-corrected chi connectivity index (χ2v) is 6.75. The lowest BCUT2D eigenvalue weighted by Gasteiger charge is -2.27. The fourth-order valence-corrected chi connectivity index (χ4v) is 3.15. The Balaban J connectivity index is 1.61. The van der Waals surface area contributed by atoms with Crippen LogP contribution in [0.3, 0.4) is 0 Å². The number of aliphatic imine (C=N–C) groups is 1. The van der Waals surface area contributed by atoms with Crippen molar-refractivity contribution in [3.05, 3.63) is 95.3 Å². The van der Waals surface area contributed by atoms with E-state index in [1.54, 1.807) is 47.4 Å². The summed E-state index contributed by atoms with van der Waals surface area (Å²) in [4.78, 5) is 5.76. The third kappa shape index (κ3) is 3.92. The summed E-state index contributed by atoms with van der Waals surface area (Å²) in [6, 6.07) is 13.5. The number of fused-ring (bicyclic) bond motifs is 1. The van der Waals surface area contributed by atoms with E-state index in [1.807, 2.05) is 0 Å². The van der Waals surface area contributed by atoms with Gasteiger partial charge >= 0.3 is 0 Å². The van der Waals surface area contributed by atoms with Crippen LogP contribution in [0.4, 0.5) is 18.9 Å². The molecule has 152 valence electrons. The molecule has 0 radical (unpaired) electrons. The highest BCUT2D eigenvalue weighted by atomic mass is 19.1. The van der Waals surface area contributed by atoms with E-state index >= 15 is 0 Å². The monoisotopic (exact) mass is 410 g/mol. The first kappa shape index (κ1) is 19.7. The largest absolute Gasteiger partial charge is 0.457 e. The Morgan fingerprint density at radius 1 is 0.933 bits per heavy atom. The van der Waals surface area contributed by atoms with Gasteiger partial charge in [0, 0.05) is 23.3 Å². The van der Waals surface area contributed by atoms with E-state index in [0.717, 1.165) is 5.56 Å². The van der Waals surface area contributed by atoms with Crippen molar-refractivity contribution in [3.8, 4) is 11.5 Å². The quantitative estimate of drug-likeness (QED) is 0.612. The van der Waals surface area contributed by atoms with E-state index in [2.05, 4.69) is 11.6 Å². The van der Waals surface area contributed by atoms with Crippen LogP contribution in [0.5, 0.6) is 11.5 Å². The van der Waals surface area contributed by atoms with E-state index in [9.17, 15) is 13.2 Å². The summed E-state index contributed by atoms with van der Waals surface area (Å²) in [6.45, 7) is 3.69. The van der Waals surface area contributed by atoms with Crippen molar-refractivity contribution in [3.63, 3.8) is 0 Å². The van der Waals surface area contributed by atoms with Crippen LogP contribution >= 0.6 is 0 Å². The highest BCUT2D eigenvalue weighted by Crippen LogP contribution is 2.36. The van der Waals surface area contributed by atoms with Crippen LogP contribution in [0.15, 0.2) is 66.2 Å². The zero-order valence-corrected chi connectivity index (χ0v) is 15.8. The zero-order valence-electron chi connectivity index (χ0n) is 15.8. The number of hydrogen-bond donors (Lipinski definition) is 1. The van der Waals surface area contributed by atoms with Crippen molar-refractivity contribution in [2.75, 3.05) is 4.90 Å². The third-order valence-electron chi connectivity index (χ3n) is 4.72. The van der Waals surface area contributed by atoms with E-state index in [0.29, 0.717) is 40.6 Å². The number of anilines is 1. The van der Waals surface area contributed by atoms with Crippen molar-refractivity contribution < 1.29 is 23.0 Å². The molecule has 30 heavy (non-hydrogen) atoms. The molecule has 0 bridgehead atoms. The number of nitrogens with zero attached hydrogens (tertiary/aromatic N) is 2. The van der Waals surface area contributed by atoms with Gasteiger partial charge in [0.15, 0.2) is 0 Å². The van der Waals surface area contributed by atoms with Crippen molar-refractivity contribution in [1.29, 1.82) is 0 Å². The summed E-state index contributed by atoms with van der Waals surface area (Å²) in [7, 11) is 0. The van der Waals surface area contributed by atoms with Crippen LogP contribution in [0.2, 0.25) is 0 Å². The third-order valence-corrected chi connectivity index (χ3v) is 4.72. The van der Waals surface area contributed by atoms with Gasteiger partial charge in [-0.05, 0) is 35.9 Å². The number of aliphatic hydroxyl groups excluding tert-OH is 1. The number of halogens is 3. The lowest BCUT2D eigenvalue weighted by Crippen LogP contribution is -2.25. The van der Waals surface area contributed by atoms with Crippen LogP contribution < -0.4 is 9.64 Å². The summed E-state index contributed by atoms with van der Waals surface area (Å²) in [5, 5.41) is 9.12. The normalized spacial score (nSPS) is 12.8. The molecule has 0 saturated carbocycles. The molecule has 0 aliphatic carbocycles.